The first-order valence-corrected chi connectivity index (χ1v) is 9.20. The second-order valence-corrected chi connectivity index (χ2v) is 7.91. The Hall–Kier alpha value is -0.910. The molecule has 2 rings (SSSR count). The number of sulfonamides is 1. The monoisotopic (exact) mass is 329 g/mol. The number of hydrogen-bond acceptors (Lipinski definition) is 3. The number of carbonyl (C=O) groups is 1. The van der Waals surface area contributed by atoms with Crippen molar-refractivity contribution in [2.45, 2.75) is 26.2 Å². The Labute approximate surface area is 131 Å². The Kier molecular flexibility index (Phi) is 5.41. The fourth-order valence-electron chi connectivity index (χ4n) is 2.67. The molecule has 0 bridgehead atoms. The molecule has 21 heavy (non-hydrogen) atoms. The van der Waals surface area contributed by atoms with Crippen molar-refractivity contribution in [1.29, 1.82) is 0 Å². The van der Waals surface area contributed by atoms with E-state index >= 15 is 0 Å². The van der Waals surface area contributed by atoms with Crippen LogP contribution in [0.25, 0.3) is 0 Å². The van der Waals surface area contributed by atoms with Gasteiger partial charge >= 0.3 is 0 Å². The molecule has 1 aliphatic rings. The molecular formula is C15H20ClNO3S. The molecule has 0 radical (unpaired) electrons. The summed E-state index contributed by atoms with van der Waals surface area (Å²) in [7, 11) is -3.24. The zero-order valence-corrected chi connectivity index (χ0v) is 13.7. The van der Waals surface area contributed by atoms with E-state index in [1.54, 1.807) is 24.3 Å². The van der Waals surface area contributed by atoms with Gasteiger partial charge in [-0.3, -0.25) is 4.79 Å². The van der Waals surface area contributed by atoms with Crippen LogP contribution in [0.4, 0.5) is 0 Å². The standard InChI is InChI=1S/C15H20ClNO3S/c1-2-9-21(19,20)17-8-4-6-13(11-17)15(18)12-5-3-7-14(16)10-12/h3,5,7,10,13H,2,4,6,8-9,11H2,1H3/t13-/m1/s1. The molecule has 1 fully saturated rings. The third kappa shape index (κ3) is 4.05. The van der Waals surface area contributed by atoms with Crippen LogP contribution in [-0.4, -0.2) is 37.3 Å². The van der Waals surface area contributed by atoms with Crippen molar-refractivity contribution >= 4 is 27.4 Å². The molecule has 4 nitrogen and oxygen atoms in total. The fourth-order valence-corrected chi connectivity index (χ4v) is 4.45. The van der Waals surface area contributed by atoms with Crippen molar-refractivity contribution in [3.8, 4) is 0 Å². The number of Topliss-reactive ketones (excluding diaryl/α,β-unsaturated/α-hetero) is 1. The van der Waals surface area contributed by atoms with E-state index in [1.165, 1.54) is 4.31 Å². The Morgan fingerprint density at radius 2 is 2.19 bits per heavy atom. The first-order chi connectivity index (χ1) is 9.94. The normalized spacial score (nSPS) is 20.4. The molecule has 0 spiro atoms. The first-order valence-electron chi connectivity index (χ1n) is 7.21. The summed E-state index contributed by atoms with van der Waals surface area (Å²) in [5, 5.41) is 0.520. The quantitative estimate of drug-likeness (QED) is 0.780. The zero-order chi connectivity index (χ0) is 15.5. The highest BCUT2D eigenvalue weighted by Gasteiger charge is 2.32. The highest BCUT2D eigenvalue weighted by molar-refractivity contribution is 7.89. The summed E-state index contributed by atoms with van der Waals surface area (Å²) in [6, 6.07) is 6.83. The lowest BCUT2D eigenvalue weighted by molar-refractivity contribution is 0.0872. The molecule has 0 aromatic heterocycles. The lowest BCUT2D eigenvalue weighted by Gasteiger charge is -2.31. The van der Waals surface area contributed by atoms with Gasteiger partial charge in [0.05, 0.1) is 5.75 Å². The smallest absolute Gasteiger partial charge is 0.214 e. The Morgan fingerprint density at radius 1 is 1.43 bits per heavy atom. The van der Waals surface area contributed by atoms with Crippen LogP contribution < -0.4 is 0 Å². The van der Waals surface area contributed by atoms with Crippen LogP contribution in [0.2, 0.25) is 5.02 Å². The van der Waals surface area contributed by atoms with Crippen LogP contribution in [0.15, 0.2) is 24.3 Å². The minimum absolute atomic E-state index is 0.0195. The van der Waals surface area contributed by atoms with E-state index in [0.717, 1.165) is 12.8 Å². The van der Waals surface area contributed by atoms with Crippen molar-refractivity contribution in [3.63, 3.8) is 0 Å². The molecule has 0 unspecified atom stereocenters. The number of ketones is 1. The molecule has 0 amide bonds. The molecular weight excluding hydrogens is 310 g/mol. The zero-order valence-electron chi connectivity index (χ0n) is 12.1. The van der Waals surface area contributed by atoms with Crippen molar-refractivity contribution in [2.24, 2.45) is 5.92 Å². The van der Waals surface area contributed by atoms with Gasteiger partial charge in [-0.1, -0.05) is 30.7 Å². The van der Waals surface area contributed by atoms with Gasteiger partial charge in [-0.25, -0.2) is 12.7 Å². The SMILES string of the molecule is CCCS(=O)(=O)N1CCC[C@@H](C(=O)c2cccc(Cl)c2)C1. The first kappa shape index (κ1) is 16.5. The highest BCUT2D eigenvalue weighted by Crippen LogP contribution is 2.24. The predicted molar refractivity (Wildman–Crippen MR) is 84.2 cm³/mol. The van der Waals surface area contributed by atoms with Crippen LogP contribution >= 0.6 is 11.6 Å². The minimum atomic E-state index is -3.24. The van der Waals surface area contributed by atoms with Gasteiger partial charge in [0.15, 0.2) is 5.78 Å². The number of hydrogen-bond donors (Lipinski definition) is 0. The maximum atomic E-state index is 12.5. The molecule has 1 aromatic carbocycles. The van der Waals surface area contributed by atoms with Crippen LogP contribution in [0.1, 0.15) is 36.5 Å². The molecule has 1 aliphatic heterocycles. The summed E-state index contributed by atoms with van der Waals surface area (Å²) >= 11 is 5.91. The Morgan fingerprint density at radius 3 is 2.86 bits per heavy atom. The number of carbonyl (C=O) groups excluding carboxylic acids is 1. The molecule has 116 valence electrons. The van der Waals surface area contributed by atoms with Gasteiger partial charge in [0, 0.05) is 29.6 Å². The molecule has 0 N–H and O–H groups in total. The summed E-state index contributed by atoms with van der Waals surface area (Å²) in [6.45, 7) is 2.64. The number of rotatable bonds is 5. The lowest BCUT2D eigenvalue weighted by Crippen LogP contribution is -2.43. The molecule has 1 saturated heterocycles. The molecule has 1 atom stereocenters. The average Bonchev–Trinajstić information content (AvgIpc) is 2.46. The molecule has 6 heteroatoms. The molecule has 0 aliphatic carbocycles. The third-order valence-corrected chi connectivity index (χ3v) is 6.00. The van der Waals surface area contributed by atoms with Crippen LogP contribution in [0.3, 0.4) is 0 Å². The summed E-state index contributed by atoms with van der Waals surface area (Å²) in [5.74, 6) is -0.150. The van der Waals surface area contributed by atoms with Gasteiger partial charge in [-0.15, -0.1) is 0 Å². The Bertz CT molecular complexity index is 615. The molecule has 1 aromatic rings. The van der Waals surface area contributed by atoms with Crippen molar-refractivity contribution in [3.05, 3.63) is 34.9 Å². The fraction of sp³-hybridized carbons (Fsp3) is 0.533. The number of piperidine rings is 1. The second-order valence-electron chi connectivity index (χ2n) is 5.39. The van der Waals surface area contributed by atoms with E-state index in [-0.39, 0.29) is 24.0 Å². The predicted octanol–water partition coefficient (Wildman–Crippen LogP) is 2.97. The number of halogens is 1. The van der Waals surface area contributed by atoms with Gasteiger partial charge in [-0.2, -0.15) is 0 Å². The van der Waals surface area contributed by atoms with E-state index in [0.29, 0.717) is 23.6 Å². The van der Waals surface area contributed by atoms with Gasteiger partial charge in [0.2, 0.25) is 10.0 Å². The Balaban J connectivity index is 2.12. The van der Waals surface area contributed by atoms with Crippen molar-refractivity contribution in [1.82, 2.24) is 4.31 Å². The van der Waals surface area contributed by atoms with E-state index in [4.69, 9.17) is 11.6 Å². The van der Waals surface area contributed by atoms with Gasteiger partial charge in [0.1, 0.15) is 0 Å². The minimum Gasteiger partial charge on any atom is -0.294 e. The molecule has 1 heterocycles. The summed E-state index contributed by atoms with van der Waals surface area (Å²) in [5.41, 5.74) is 0.558. The molecule has 0 saturated carbocycles. The van der Waals surface area contributed by atoms with E-state index < -0.39 is 10.0 Å². The summed E-state index contributed by atoms with van der Waals surface area (Å²) < 4.78 is 25.7. The number of benzene rings is 1. The van der Waals surface area contributed by atoms with Crippen molar-refractivity contribution in [2.75, 3.05) is 18.8 Å². The topological polar surface area (TPSA) is 54.5 Å². The van der Waals surface area contributed by atoms with Crippen LogP contribution in [-0.2, 0) is 10.0 Å². The van der Waals surface area contributed by atoms with Gasteiger partial charge in [-0.05, 0) is 31.4 Å². The van der Waals surface area contributed by atoms with Crippen molar-refractivity contribution < 1.29 is 13.2 Å². The van der Waals surface area contributed by atoms with E-state index in [9.17, 15) is 13.2 Å². The largest absolute Gasteiger partial charge is 0.294 e. The second kappa shape index (κ2) is 6.90. The average molecular weight is 330 g/mol. The highest BCUT2D eigenvalue weighted by atomic mass is 35.5. The van der Waals surface area contributed by atoms with Crippen LogP contribution in [0, 0.1) is 5.92 Å². The number of nitrogens with zero attached hydrogens (tertiary/aromatic N) is 1. The lowest BCUT2D eigenvalue weighted by atomic mass is 9.91. The maximum Gasteiger partial charge on any atom is 0.214 e. The van der Waals surface area contributed by atoms with Crippen LogP contribution in [0.5, 0.6) is 0 Å². The van der Waals surface area contributed by atoms with Gasteiger partial charge < -0.3 is 0 Å². The van der Waals surface area contributed by atoms with E-state index in [2.05, 4.69) is 0 Å². The third-order valence-electron chi connectivity index (χ3n) is 3.72. The summed E-state index contributed by atoms with van der Waals surface area (Å²) in [4.78, 5) is 12.5. The summed E-state index contributed by atoms with van der Waals surface area (Å²) in [6.07, 6.45) is 2.04. The van der Waals surface area contributed by atoms with Gasteiger partial charge in [0.25, 0.3) is 0 Å². The van der Waals surface area contributed by atoms with E-state index in [1.807, 2.05) is 6.92 Å². The maximum absolute atomic E-state index is 12.5.